The minimum absolute atomic E-state index is 0.000857. The Kier molecular flexibility index (Phi) is 14.8. The lowest BCUT2D eigenvalue weighted by atomic mass is 10.0. The van der Waals surface area contributed by atoms with Crippen LogP contribution in [0.4, 0.5) is 54.4 Å². The standard InChI is InChI=1S/C29H29F3N6O2.C24H21F3N6/c1-29(2,3)40-28(39)37-12-9-23(10-13-37)38-17-34-25(18-4-6-19(30)7-5-18)26(38)24-8-11-33-27(36-24)35-22-15-20(31)14-21(32)16-22;25-16-3-1-15(2-4-16)22-23(33(14-30-22)20-5-8-28-9-6-20)21-7-10-29-24(32-21)31-19-12-17(26)11-18(27)13-19/h4-8,11,14-17,23H,9-10,12-13H2,1-3H3,(H,33,35,36);1-4,7,10-14,20,28H,5-6,8-9H2,(H,29,31,32). The molecular formula is C53H50F6N12O2. The fourth-order valence-electron chi connectivity index (χ4n) is 8.77. The van der Waals surface area contributed by atoms with Gasteiger partial charge >= 0.3 is 6.09 Å². The third-order valence-corrected chi connectivity index (χ3v) is 12.1. The highest BCUT2D eigenvalue weighted by molar-refractivity contribution is 5.79. The predicted molar refractivity (Wildman–Crippen MR) is 264 cm³/mol. The number of aromatic nitrogens is 8. The summed E-state index contributed by atoms with van der Waals surface area (Å²) in [6.45, 7) is 8.31. The molecule has 14 nitrogen and oxygen atoms in total. The van der Waals surface area contributed by atoms with Crippen LogP contribution in [0.15, 0.2) is 122 Å². The second-order valence-electron chi connectivity index (χ2n) is 18.5. The number of ether oxygens (including phenoxy) is 1. The summed E-state index contributed by atoms with van der Waals surface area (Å²) >= 11 is 0. The second kappa shape index (κ2) is 21.7. The molecule has 73 heavy (non-hydrogen) atoms. The van der Waals surface area contributed by atoms with Gasteiger partial charge in [-0.3, -0.25) is 0 Å². The third kappa shape index (κ3) is 12.3. The maximum Gasteiger partial charge on any atom is 0.410 e. The summed E-state index contributed by atoms with van der Waals surface area (Å²) in [5.41, 5.74) is 5.09. The first-order chi connectivity index (χ1) is 35.1. The maximum atomic E-state index is 13.7. The van der Waals surface area contributed by atoms with Crippen molar-refractivity contribution in [2.45, 2.75) is 64.1 Å². The first kappa shape index (κ1) is 49.8. The molecule has 10 rings (SSSR count). The molecule has 2 saturated heterocycles. The van der Waals surface area contributed by atoms with Crippen molar-refractivity contribution in [1.82, 2.24) is 49.3 Å². The number of piperidine rings is 2. The molecule has 0 saturated carbocycles. The Morgan fingerprint density at radius 3 is 1.38 bits per heavy atom. The molecule has 0 unspecified atom stereocenters. The molecule has 6 heterocycles. The lowest BCUT2D eigenvalue weighted by molar-refractivity contribution is 0.0189. The summed E-state index contributed by atoms with van der Waals surface area (Å²) in [5, 5.41) is 9.07. The zero-order chi connectivity index (χ0) is 51.2. The van der Waals surface area contributed by atoms with Gasteiger partial charge in [0.05, 0.1) is 46.8 Å². The molecule has 0 spiro atoms. The molecule has 3 N–H and O–H groups in total. The molecule has 0 bridgehead atoms. The molecule has 1 amide bonds. The number of carbonyl (C=O) groups is 1. The average molecular weight is 1000 g/mol. The molecule has 8 aromatic rings. The van der Waals surface area contributed by atoms with Crippen molar-refractivity contribution < 1.29 is 35.9 Å². The molecule has 4 aromatic heterocycles. The number of carbonyl (C=O) groups excluding carboxylic acids is 1. The van der Waals surface area contributed by atoms with Crippen LogP contribution in [0.25, 0.3) is 45.3 Å². The molecular weight excluding hydrogens is 951 g/mol. The van der Waals surface area contributed by atoms with Crippen LogP contribution >= 0.6 is 0 Å². The molecule has 2 fully saturated rings. The van der Waals surface area contributed by atoms with E-state index in [1.165, 1.54) is 42.6 Å². The largest absolute Gasteiger partial charge is 0.444 e. The van der Waals surface area contributed by atoms with E-state index in [2.05, 4.69) is 50.4 Å². The maximum absolute atomic E-state index is 13.7. The van der Waals surface area contributed by atoms with Gasteiger partial charge < -0.3 is 34.7 Å². The fourth-order valence-corrected chi connectivity index (χ4v) is 8.77. The van der Waals surface area contributed by atoms with Crippen LogP contribution in [-0.2, 0) is 4.74 Å². The minimum atomic E-state index is -0.729. The van der Waals surface area contributed by atoms with Crippen molar-refractivity contribution in [2.24, 2.45) is 0 Å². The number of imidazole rings is 2. The van der Waals surface area contributed by atoms with Gasteiger partial charge in [0, 0.05) is 72.2 Å². The van der Waals surface area contributed by atoms with Gasteiger partial charge in [-0.15, -0.1) is 0 Å². The molecule has 4 aromatic carbocycles. The monoisotopic (exact) mass is 1000 g/mol. The third-order valence-electron chi connectivity index (χ3n) is 12.1. The molecule has 376 valence electrons. The van der Waals surface area contributed by atoms with E-state index in [1.54, 1.807) is 60.1 Å². The molecule has 0 aliphatic carbocycles. The van der Waals surface area contributed by atoms with Gasteiger partial charge in [-0.2, -0.15) is 0 Å². The number of rotatable bonds is 10. The Morgan fingerprint density at radius 2 is 0.973 bits per heavy atom. The van der Waals surface area contributed by atoms with E-state index in [1.807, 2.05) is 25.3 Å². The zero-order valence-electron chi connectivity index (χ0n) is 40.0. The van der Waals surface area contributed by atoms with E-state index in [9.17, 15) is 31.1 Å². The first-order valence-electron chi connectivity index (χ1n) is 23.6. The fraction of sp³-hybridized carbons (Fsp3) is 0.264. The van der Waals surface area contributed by atoms with Crippen LogP contribution in [0, 0.1) is 34.9 Å². The van der Waals surface area contributed by atoms with Crippen LogP contribution in [0.2, 0.25) is 0 Å². The number of halogens is 6. The number of nitrogens with zero attached hydrogens (tertiary/aromatic N) is 9. The Balaban J connectivity index is 0.000000183. The normalized spacial score (nSPS) is 14.3. The molecule has 20 heteroatoms. The van der Waals surface area contributed by atoms with E-state index in [4.69, 9.17) is 4.74 Å². The van der Waals surface area contributed by atoms with Gasteiger partial charge in [0.1, 0.15) is 40.5 Å². The van der Waals surface area contributed by atoms with E-state index >= 15 is 0 Å². The molecule has 0 atom stereocenters. The quantitative estimate of drug-likeness (QED) is 0.112. The van der Waals surface area contributed by atoms with Gasteiger partial charge in [0.25, 0.3) is 0 Å². The second-order valence-corrected chi connectivity index (χ2v) is 18.5. The van der Waals surface area contributed by atoms with Crippen molar-refractivity contribution in [1.29, 1.82) is 0 Å². The smallest absolute Gasteiger partial charge is 0.410 e. The highest BCUT2D eigenvalue weighted by Crippen LogP contribution is 2.38. The van der Waals surface area contributed by atoms with Crippen molar-refractivity contribution in [3.63, 3.8) is 0 Å². The van der Waals surface area contributed by atoms with Crippen LogP contribution in [0.5, 0.6) is 0 Å². The molecule has 0 radical (unpaired) electrons. The van der Waals surface area contributed by atoms with E-state index in [0.29, 0.717) is 60.0 Å². The number of likely N-dealkylation sites (tertiary alicyclic amines) is 1. The summed E-state index contributed by atoms with van der Waals surface area (Å²) < 4.78 is 91.5. The Hall–Kier alpha value is -8.13. The topological polar surface area (TPSA) is 153 Å². The Morgan fingerprint density at radius 1 is 0.562 bits per heavy atom. The van der Waals surface area contributed by atoms with Crippen LogP contribution in [0.3, 0.4) is 0 Å². The van der Waals surface area contributed by atoms with Gasteiger partial charge in [-0.1, -0.05) is 0 Å². The number of nitrogens with one attached hydrogen (secondary N) is 3. The highest BCUT2D eigenvalue weighted by atomic mass is 19.2. The van der Waals surface area contributed by atoms with E-state index < -0.39 is 28.9 Å². The average Bonchev–Trinajstić information content (AvgIpc) is 4.01. The Bertz CT molecular complexity index is 3160. The first-order valence-corrected chi connectivity index (χ1v) is 23.6. The number of hydrogen-bond acceptors (Lipinski definition) is 11. The van der Waals surface area contributed by atoms with E-state index in [0.717, 1.165) is 61.5 Å². The molecule has 2 aliphatic rings. The van der Waals surface area contributed by atoms with Crippen LogP contribution in [0.1, 0.15) is 58.5 Å². The number of hydrogen-bond donors (Lipinski definition) is 3. The van der Waals surface area contributed by atoms with Crippen molar-refractivity contribution in [3.8, 4) is 45.3 Å². The lowest BCUT2D eigenvalue weighted by Crippen LogP contribution is -2.42. The van der Waals surface area contributed by atoms with Crippen LogP contribution < -0.4 is 16.0 Å². The van der Waals surface area contributed by atoms with E-state index in [-0.39, 0.29) is 53.1 Å². The minimum Gasteiger partial charge on any atom is -0.444 e. The van der Waals surface area contributed by atoms with Gasteiger partial charge in [0.15, 0.2) is 0 Å². The van der Waals surface area contributed by atoms with Gasteiger partial charge in [-0.25, -0.2) is 61.0 Å². The lowest BCUT2D eigenvalue weighted by Gasteiger charge is -2.34. The van der Waals surface area contributed by atoms with Gasteiger partial charge in [0.2, 0.25) is 11.9 Å². The number of benzene rings is 4. The summed E-state index contributed by atoms with van der Waals surface area (Å²) in [6, 6.07) is 22.1. The predicted octanol–water partition coefficient (Wildman–Crippen LogP) is 11.8. The summed E-state index contributed by atoms with van der Waals surface area (Å²) in [7, 11) is 0. The summed E-state index contributed by atoms with van der Waals surface area (Å²) in [6.07, 6.45) is 9.47. The highest BCUT2D eigenvalue weighted by Gasteiger charge is 2.30. The zero-order valence-corrected chi connectivity index (χ0v) is 40.0. The van der Waals surface area contributed by atoms with Crippen molar-refractivity contribution >= 4 is 29.4 Å². The number of anilines is 4. The van der Waals surface area contributed by atoms with Gasteiger partial charge in [-0.05, 0) is 144 Å². The summed E-state index contributed by atoms with van der Waals surface area (Å²) in [5.74, 6) is -3.21. The summed E-state index contributed by atoms with van der Waals surface area (Å²) in [4.78, 5) is 41.2. The Labute approximate surface area is 416 Å². The van der Waals surface area contributed by atoms with Crippen molar-refractivity contribution in [3.05, 3.63) is 157 Å². The molecule has 2 aliphatic heterocycles. The van der Waals surface area contributed by atoms with Crippen molar-refractivity contribution in [2.75, 3.05) is 36.8 Å². The number of amides is 1. The SMILES string of the molecule is CC(C)(C)OC(=O)N1CCC(n2cnc(-c3ccc(F)cc3)c2-c2ccnc(Nc3cc(F)cc(F)c3)n2)CC1.Fc1ccc(-c2ncn(C3CCNCC3)c2-c2ccnc(Nc3cc(F)cc(F)c3)n2)cc1. The van der Waals surface area contributed by atoms with Crippen LogP contribution in [-0.4, -0.2) is 81.8 Å².